The Bertz CT molecular complexity index is 1230. The molecule has 1 saturated heterocycles. The predicted molar refractivity (Wildman–Crippen MR) is 320 cm³/mol. The molecule has 2 heterocycles. The lowest BCUT2D eigenvalue weighted by Gasteiger charge is -2.22. The molecule has 0 radical (unpaired) electrons. The highest BCUT2D eigenvalue weighted by atomic mass is 32.1. The van der Waals surface area contributed by atoms with Crippen molar-refractivity contribution in [3.8, 4) is 0 Å². The quantitative estimate of drug-likeness (QED) is 0.227. The van der Waals surface area contributed by atoms with Crippen molar-refractivity contribution >= 4 is 17.3 Å². The van der Waals surface area contributed by atoms with Crippen LogP contribution in [-0.2, 0) is 20.7 Å². The van der Waals surface area contributed by atoms with E-state index >= 15 is 0 Å². The third kappa shape index (κ3) is 78.0. The summed E-state index contributed by atoms with van der Waals surface area (Å²) >= 11 is 1.74. The van der Waals surface area contributed by atoms with E-state index in [0.29, 0.717) is 63.0 Å². The summed E-state index contributed by atoms with van der Waals surface area (Å²) in [4.78, 5) is 15.1. The molecule has 2 N–H and O–H groups in total. The van der Waals surface area contributed by atoms with Crippen molar-refractivity contribution < 1.29 is 24.5 Å². The number of carbonyl (C=O) groups is 1. The third-order valence-electron chi connectivity index (χ3n) is 10.9. The Balaban J connectivity index is -0.000000236. The van der Waals surface area contributed by atoms with E-state index in [1.165, 1.54) is 89.2 Å². The van der Waals surface area contributed by atoms with Gasteiger partial charge in [-0.25, -0.2) is 4.98 Å². The number of ether oxygens (including phenoxy) is 2. The second-order valence-corrected chi connectivity index (χ2v) is 31.9. The van der Waals surface area contributed by atoms with Crippen LogP contribution in [0.5, 0.6) is 0 Å². The maximum atomic E-state index is 10.9. The fourth-order valence-electron chi connectivity index (χ4n) is 8.57. The normalized spacial score (nSPS) is 16.4. The van der Waals surface area contributed by atoms with Gasteiger partial charge in [-0.15, -0.1) is 11.3 Å². The van der Waals surface area contributed by atoms with E-state index in [-0.39, 0.29) is 17.5 Å². The van der Waals surface area contributed by atoms with Crippen LogP contribution in [0.4, 0.5) is 0 Å². The van der Waals surface area contributed by atoms with Crippen LogP contribution < -0.4 is 0 Å². The summed E-state index contributed by atoms with van der Waals surface area (Å²) in [7, 11) is 1.44. The Labute approximate surface area is 452 Å². The van der Waals surface area contributed by atoms with Crippen LogP contribution in [0.3, 0.4) is 0 Å². The number of carbonyl (C=O) groups excluding carboxylic acids is 1. The molecular formula is C64H133NO5S. The van der Waals surface area contributed by atoms with E-state index in [4.69, 9.17) is 14.9 Å². The zero-order valence-electron chi connectivity index (χ0n) is 53.9. The number of aromatic nitrogens is 1. The molecule has 3 atom stereocenters. The van der Waals surface area contributed by atoms with Gasteiger partial charge in [0.1, 0.15) is 0 Å². The van der Waals surface area contributed by atoms with E-state index in [9.17, 15) is 4.79 Å². The fraction of sp³-hybridized carbons (Fsp3) is 0.938. The molecule has 0 spiro atoms. The molecule has 0 bridgehead atoms. The lowest BCUT2D eigenvalue weighted by atomic mass is 9.84. The minimum atomic E-state index is -0.157. The number of hydrogen-bond donors (Lipinski definition) is 2. The van der Waals surface area contributed by atoms with Crippen molar-refractivity contribution in [2.45, 2.75) is 315 Å². The van der Waals surface area contributed by atoms with Gasteiger partial charge in [0.2, 0.25) is 0 Å². The summed E-state index contributed by atoms with van der Waals surface area (Å²) in [5, 5.41) is 20.6. The SMILES string of the molecule is CC(C)(C)CC1CCCC1.CC(C)(C)CC1CCCO1.CC(C)(C)CCO.CC(C)(C)Cc1nccs1.CC(O)CC(C)(C)C.CCCC(C)(C)C.CCCC(C)(C)C.COC(=O)CC(C)CC(C)(C)C. The average molecular weight is 1030 g/mol. The summed E-state index contributed by atoms with van der Waals surface area (Å²) in [5.74, 6) is 1.36. The highest BCUT2D eigenvalue weighted by molar-refractivity contribution is 7.09. The Hall–Kier alpha value is -1.02. The van der Waals surface area contributed by atoms with E-state index in [0.717, 1.165) is 38.2 Å². The average Bonchev–Trinajstić information content (AvgIpc) is 3.91. The molecule has 1 aliphatic heterocycles. The monoisotopic (exact) mass is 1030 g/mol. The molecule has 1 aliphatic carbocycles. The first kappa shape index (κ1) is 78.9. The molecule has 2 aliphatic rings. The smallest absolute Gasteiger partial charge is 0.305 e. The van der Waals surface area contributed by atoms with Gasteiger partial charge < -0.3 is 19.7 Å². The van der Waals surface area contributed by atoms with Gasteiger partial charge in [0, 0.05) is 37.6 Å². The minimum absolute atomic E-state index is 0.105. The van der Waals surface area contributed by atoms with Gasteiger partial charge in [0.15, 0.2) is 0 Å². The van der Waals surface area contributed by atoms with Gasteiger partial charge in [-0.1, -0.05) is 225 Å². The third-order valence-corrected chi connectivity index (χ3v) is 11.7. The molecule has 430 valence electrons. The van der Waals surface area contributed by atoms with Gasteiger partial charge in [-0.05, 0) is 120 Å². The zero-order chi connectivity index (χ0) is 57.1. The van der Waals surface area contributed by atoms with Crippen LogP contribution in [0, 0.1) is 55.2 Å². The molecule has 3 rings (SSSR count). The zero-order valence-corrected chi connectivity index (χ0v) is 54.7. The molecule has 6 nitrogen and oxygen atoms in total. The van der Waals surface area contributed by atoms with E-state index < -0.39 is 0 Å². The number of methoxy groups -OCH3 is 1. The molecule has 1 aromatic rings. The number of esters is 1. The van der Waals surface area contributed by atoms with Crippen LogP contribution in [-0.4, -0.2) is 53.7 Å². The Morgan fingerprint density at radius 1 is 0.634 bits per heavy atom. The lowest BCUT2D eigenvalue weighted by molar-refractivity contribution is -0.141. The maximum absolute atomic E-state index is 10.9. The molecule has 7 heteroatoms. The van der Waals surface area contributed by atoms with Crippen molar-refractivity contribution in [3.63, 3.8) is 0 Å². The van der Waals surface area contributed by atoms with Gasteiger partial charge in [0.05, 0.1) is 24.3 Å². The minimum Gasteiger partial charge on any atom is -0.469 e. The van der Waals surface area contributed by atoms with Gasteiger partial charge in [-0.3, -0.25) is 4.79 Å². The van der Waals surface area contributed by atoms with Crippen LogP contribution in [0.1, 0.15) is 302 Å². The predicted octanol–water partition coefficient (Wildman–Crippen LogP) is 20.5. The highest BCUT2D eigenvalue weighted by Gasteiger charge is 2.23. The first-order valence-corrected chi connectivity index (χ1v) is 29.4. The molecule has 2 fully saturated rings. The van der Waals surface area contributed by atoms with Crippen molar-refractivity contribution in [2.24, 2.45) is 55.2 Å². The van der Waals surface area contributed by atoms with Crippen LogP contribution in [0.2, 0.25) is 0 Å². The van der Waals surface area contributed by atoms with Gasteiger partial charge in [-0.2, -0.15) is 0 Å². The van der Waals surface area contributed by atoms with Crippen molar-refractivity contribution in [2.75, 3.05) is 20.3 Å². The first-order valence-electron chi connectivity index (χ1n) is 28.5. The molecule has 0 amide bonds. The molecule has 1 aromatic heterocycles. The second kappa shape index (κ2) is 39.4. The first-order chi connectivity index (χ1) is 31.7. The van der Waals surface area contributed by atoms with Crippen molar-refractivity contribution in [1.29, 1.82) is 0 Å². The highest BCUT2D eigenvalue weighted by Crippen LogP contribution is 2.35. The Kier molecular flexibility index (Phi) is 43.7. The number of hydrogen-bond acceptors (Lipinski definition) is 7. The Morgan fingerprint density at radius 3 is 1.30 bits per heavy atom. The van der Waals surface area contributed by atoms with Gasteiger partial charge in [0.25, 0.3) is 0 Å². The molecular weight excluding hydrogens is 895 g/mol. The Morgan fingerprint density at radius 2 is 1.07 bits per heavy atom. The number of rotatable bonds is 10. The van der Waals surface area contributed by atoms with Crippen LogP contribution >= 0.6 is 11.3 Å². The van der Waals surface area contributed by atoms with Crippen LogP contribution in [0.15, 0.2) is 11.6 Å². The summed E-state index contributed by atoms with van der Waals surface area (Å²) in [5.41, 5.74) is 3.35. The van der Waals surface area contributed by atoms with E-state index in [1.807, 2.05) is 18.5 Å². The standard InChI is InChI=1S/C10H20O2.C10H20.C9H18O.C8H13NS.C7H16O.2C7H16.C6H14O/c1-8(6-9(11)12-5)7-10(2,3)4;1-10(2,3)8-9-6-4-5-7-9;1-9(2,3)7-8-5-4-6-10-8;1-8(2,3)6-7-9-4-5-10-7;1-6(8)5-7(2,3)4;2*1-5-6-7(2,3)4;1-6(2,3)4-5-7/h8H,6-7H2,1-5H3;9H,4-8H2,1-3H3;8H,4-7H2,1-3H3;4-5H,6H2,1-3H3;6,8H,5H2,1-4H3;2*5-6H2,1-4H3;7H,4-5H2,1-3H3. The second-order valence-electron chi connectivity index (χ2n) is 30.9. The summed E-state index contributed by atoms with van der Waals surface area (Å²) < 4.78 is 10.1. The van der Waals surface area contributed by atoms with E-state index in [2.05, 4.69) is 197 Å². The fourth-order valence-corrected chi connectivity index (χ4v) is 9.49. The topological polar surface area (TPSA) is 88.9 Å². The lowest BCUT2D eigenvalue weighted by Crippen LogP contribution is -2.16. The molecule has 1 saturated carbocycles. The van der Waals surface area contributed by atoms with Crippen molar-refractivity contribution in [1.82, 2.24) is 4.98 Å². The van der Waals surface area contributed by atoms with Crippen LogP contribution in [0.25, 0.3) is 0 Å². The summed E-state index contributed by atoms with van der Waals surface area (Å²) in [6.07, 6.45) is 23.2. The summed E-state index contributed by atoms with van der Waals surface area (Å²) in [6, 6.07) is 0. The number of thiazole rings is 1. The maximum Gasteiger partial charge on any atom is 0.305 e. The molecule has 3 unspecified atom stereocenters. The van der Waals surface area contributed by atoms with Crippen molar-refractivity contribution in [3.05, 3.63) is 16.6 Å². The van der Waals surface area contributed by atoms with Gasteiger partial charge >= 0.3 is 5.97 Å². The molecule has 71 heavy (non-hydrogen) atoms. The van der Waals surface area contributed by atoms with E-state index in [1.54, 1.807) is 11.3 Å². The number of aliphatic hydroxyl groups excluding tert-OH is 2. The number of nitrogens with zero attached hydrogens (tertiary/aromatic N) is 1. The summed E-state index contributed by atoms with van der Waals surface area (Å²) in [6.45, 7) is 63.1. The molecule has 0 aromatic carbocycles. The largest absolute Gasteiger partial charge is 0.469 e. The number of aliphatic hydroxyl groups is 2.